The minimum atomic E-state index is 0.294. The molecule has 0 aromatic carbocycles. The molecule has 134 valence electrons. The first kappa shape index (κ1) is 16.9. The highest BCUT2D eigenvalue weighted by Crippen LogP contribution is 2.68. The number of allylic oxidation sites excluding steroid dienone is 1. The fourth-order valence-corrected chi connectivity index (χ4v) is 8.21. The number of rotatable bonds is 1. The smallest absolute Gasteiger partial charge is 0.133 e. The van der Waals surface area contributed by atoms with Crippen LogP contribution in [0.25, 0.3) is 0 Å². The van der Waals surface area contributed by atoms with Crippen LogP contribution in [0.15, 0.2) is 12.2 Å². The molecule has 4 aliphatic carbocycles. The predicted molar refractivity (Wildman–Crippen MR) is 99.6 cm³/mol. The van der Waals surface area contributed by atoms with Gasteiger partial charge in [0.1, 0.15) is 5.78 Å². The van der Waals surface area contributed by atoms with Crippen molar-refractivity contribution in [2.75, 3.05) is 0 Å². The highest BCUT2D eigenvalue weighted by molar-refractivity contribution is 5.79. The standard InChI is InChI=1S/C23H36O/c1-14-8-10-22(4)17(12-14)13-15(2)21-19-7-6-18(16(3)24)23(19,5)11-9-20(21)22/h15,17-21H,1,6-13H2,2-5H3. The second-order valence-electron chi connectivity index (χ2n) is 10.4. The molecule has 0 N–H and O–H groups in total. The summed E-state index contributed by atoms with van der Waals surface area (Å²) in [6, 6.07) is 0. The molecule has 0 spiro atoms. The van der Waals surface area contributed by atoms with E-state index in [1.165, 1.54) is 50.5 Å². The summed E-state index contributed by atoms with van der Waals surface area (Å²) in [5.41, 5.74) is 2.33. The SMILES string of the molecule is C=C1CCC2(C)C(C1)CC(C)C1C2CCC2(C)C(C(C)=O)CCC12. The van der Waals surface area contributed by atoms with Gasteiger partial charge in [0.15, 0.2) is 0 Å². The van der Waals surface area contributed by atoms with Gasteiger partial charge in [-0.05, 0) is 98.7 Å². The van der Waals surface area contributed by atoms with Crippen LogP contribution in [0.4, 0.5) is 0 Å². The Kier molecular flexibility index (Phi) is 3.83. The van der Waals surface area contributed by atoms with E-state index >= 15 is 0 Å². The van der Waals surface area contributed by atoms with Gasteiger partial charge in [0.05, 0.1) is 0 Å². The van der Waals surface area contributed by atoms with E-state index in [4.69, 9.17) is 0 Å². The molecule has 0 radical (unpaired) electrons. The third-order valence-corrected chi connectivity index (χ3v) is 9.47. The molecule has 0 aliphatic heterocycles. The van der Waals surface area contributed by atoms with Crippen molar-refractivity contribution in [3.05, 3.63) is 12.2 Å². The third kappa shape index (κ3) is 2.15. The van der Waals surface area contributed by atoms with Crippen molar-refractivity contribution in [3.8, 4) is 0 Å². The number of carbonyl (C=O) groups excluding carboxylic acids is 1. The normalized spacial score (nSPS) is 53.9. The highest BCUT2D eigenvalue weighted by Gasteiger charge is 2.62. The molecule has 4 fully saturated rings. The Labute approximate surface area is 148 Å². The number of hydrogen-bond acceptors (Lipinski definition) is 1. The van der Waals surface area contributed by atoms with Gasteiger partial charge in [0, 0.05) is 5.92 Å². The molecule has 4 rings (SSSR count). The lowest BCUT2D eigenvalue weighted by Crippen LogP contribution is -2.55. The fraction of sp³-hybridized carbons (Fsp3) is 0.870. The average Bonchev–Trinajstić information content (AvgIpc) is 2.86. The molecular formula is C23H36O. The molecule has 8 atom stereocenters. The minimum absolute atomic E-state index is 0.294. The van der Waals surface area contributed by atoms with Crippen molar-refractivity contribution in [1.82, 2.24) is 0 Å². The van der Waals surface area contributed by atoms with Gasteiger partial charge < -0.3 is 0 Å². The van der Waals surface area contributed by atoms with Gasteiger partial charge in [-0.2, -0.15) is 0 Å². The molecule has 4 saturated carbocycles. The van der Waals surface area contributed by atoms with Crippen LogP contribution in [-0.4, -0.2) is 5.78 Å². The van der Waals surface area contributed by atoms with Crippen molar-refractivity contribution in [2.45, 2.75) is 79.1 Å². The quantitative estimate of drug-likeness (QED) is 0.537. The van der Waals surface area contributed by atoms with Crippen LogP contribution >= 0.6 is 0 Å². The number of carbonyl (C=O) groups is 1. The van der Waals surface area contributed by atoms with Gasteiger partial charge >= 0.3 is 0 Å². The molecule has 0 aromatic heterocycles. The Hall–Kier alpha value is -0.590. The van der Waals surface area contributed by atoms with Gasteiger partial charge in [-0.15, -0.1) is 0 Å². The zero-order valence-electron chi connectivity index (χ0n) is 16.2. The Balaban J connectivity index is 1.67. The molecule has 1 heteroatoms. The molecular weight excluding hydrogens is 292 g/mol. The Morgan fingerprint density at radius 2 is 1.79 bits per heavy atom. The van der Waals surface area contributed by atoms with Crippen LogP contribution in [0.3, 0.4) is 0 Å². The van der Waals surface area contributed by atoms with E-state index in [-0.39, 0.29) is 0 Å². The van der Waals surface area contributed by atoms with E-state index in [9.17, 15) is 4.79 Å². The number of Topliss-reactive ketones (excluding diaryl/α,β-unsaturated/α-hetero) is 1. The number of ketones is 1. The van der Waals surface area contributed by atoms with Crippen LogP contribution in [0.2, 0.25) is 0 Å². The zero-order valence-corrected chi connectivity index (χ0v) is 16.2. The fourth-order valence-electron chi connectivity index (χ4n) is 8.21. The largest absolute Gasteiger partial charge is 0.300 e. The summed E-state index contributed by atoms with van der Waals surface area (Å²) in [7, 11) is 0. The summed E-state index contributed by atoms with van der Waals surface area (Å²) in [6.45, 7) is 13.8. The lowest BCUT2D eigenvalue weighted by Gasteiger charge is -2.62. The summed E-state index contributed by atoms with van der Waals surface area (Å²) >= 11 is 0. The summed E-state index contributed by atoms with van der Waals surface area (Å²) in [4.78, 5) is 12.3. The average molecular weight is 329 g/mol. The van der Waals surface area contributed by atoms with Gasteiger partial charge in [-0.25, -0.2) is 0 Å². The molecule has 0 heterocycles. The van der Waals surface area contributed by atoms with Crippen molar-refractivity contribution < 1.29 is 4.79 Å². The van der Waals surface area contributed by atoms with Crippen molar-refractivity contribution in [1.29, 1.82) is 0 Å². The topological polar surface area (TPSA) is 17.1 Å². The lowest BCUT2D eigenvalue weighted by molar-refractivity contribution is -0.140. The minimum Gasteiger partial charge on any atom is -0.300 e. The Bertz CT molecular complexity index is 562. The monoisotopic (exact) mass is 328 g/mol. The van der Waals surface area contributed by atoms with Crippen LogP contribution < -0.4 is 0 Å². The summed E-state index contributed by atoms with van der Waals surface area (Å²) in [5.74, 6) is 5.04. The highest BCUT2D eigenvalue weighted by atomic mass is 16.1. The van der Waals surface area contributed by atoms with E-state index in [1.807, 2.05) is 6.92 Å². The molecule has 0 bridgehead atoms. The maximum absolute atomic E-state index is 12.3. The van der Waals surface area contributed by atoms with Gasteiger partial charge in [0.2, 0.25) is 0 Å². The second kappa shape index (κ2) is 5.45. The second-order valence-corrected chi connectivity index (χ2v) is 10.4. The lowest BCUT2D eigenvalue weighted by atomic mass is 9.42. The van der Waals surface area contributed by atoms with Crippen LogP contribution in [0.1, 0.15) is 79.1 Å². The molecule has 4 aliphatic rings. The number of hydrogen-bond donors (Lipinski definition) is 0. The third-order valence-electron chi connectivity index (χ3n) is 9.47. The summed E-state index contributed by atoms with van der Waals surface area (Å²) < 4.78 is 0. The van der Waals surface area contributed by atoms with E-state index in [0.29, 0.717) is 22.5 Å². The Morgan fingerprint density at radius 3 is 2.50 bits per heavy atom. The van der Waals surface area contributed by atoms with Crippen LogP contribution in [0, 0.1) is 46.3 Å². The van der Waals surface area contributed by atoms with Gasteiger partial charge in [0.25, 0.3) is 0 Å². The molecule has 8 unspecified atom stereocenters. The zero-order chi connectivity index (χ0) is 17.3. The first-order valence-electron chi connectivity index (χ1n) is 10.4. The van der Waals surface area contributed by atoms with Crippen molar-refractivity contribution in [2.24, 2.45) is 46.3 Å². The predicted octanol–water partition coefficient (Wildman–Crippen LogP) is 6.04. The van der Waals surface area contributed by atoms with Crippen molar-refractivity contribution >= 4 is 5.78 Å². The Morgan fingerprint density at radius 1 is 1.08 bits per heavy atom. The van der Waals surface area contributed by atoms with E-state index in [0.717, 1.165) is 36.0 Å². The molecule has 0 saturated heterocycles. The van der Waals surface area contributed by atoms with Crippen LogP contribution in [-0.2, 0) is 4.79 Å². The van der Waals surface area contributed by atoms with E-state index in [2.05, 4.69) is 27.4 Å². The molecule has 1 nitrogen and oxygen atoms in total. The van der Waals surface area contributed by atoms with Gasteiger partial charge in [-0.1, -0.05) is 32.9 Å². The molecule has 0 amide bonds. The maximum atomic E-state index is 12.3. The summed E-state index contributed by atoms with van der Waals surface area (Å²) in [6.07, 6.45) is 10.4. The van der Waals surface area contributed by atoms with E-state index in [1.54, 1.807) is 0 Å². The molecule has 24 heavy (non-hydrogen) atoms. The maximum Gasteiger partial charge on any atom is 0.133 e. The molecule has 0 aromatic rings. The van der Waals surface area contributed by atoms with Crippen LogP contribution in [0.5, 0.6) is 0 Å². The summed E-state index contributed by atoms with van der Waals surface area (Å²) in [5, 5.41) is 0. The first-order chi connectivity index (χ1) is 11.3. The first-order valence-corrected chi connectivity index (χ1v) is 10.4. The van der Waals surface area contributed by atoms with E-state index < -0.39 is 0 Å². The van der Waals surface area contributed by atoms with Crippen molar-refractivity contribution in [3.63, 3.8) is 0 Å². The number of fused-ring (bicyclic) bond motifs is 5. The van der Waals surface area contributed by atoms with Gasteiger partial charge in [-0.3, -0.25) is 4.79 Å².